The summed E-state index contributed by atoms with van der Waals surface area (Å²) in [6, 6.07) is 12.2. The highest BCUT2D eigenvalue weighted by molar-refractivity contribution is 6.06. The highest BCUT2D eigenvalue weighted by Gasteiger charge is 2.53. The van der Waals surface area contributed by atoms with E-state index in [9.17, 15) is 10.2 Å². The largest absolute Gasteiger partial charge is 0.392 e. The molecular formula is C32H38N6O2. The molecule has 0 radical (unpaired) electrons. The van der Waals surface area contributed by atoms with Crippen molar-refractivity contribution in [2.45, 2.75) is 88.7 Å². The quantitative estimate of drug-likeness (QED) is 0.175. The van der Waals surface area contributed by atoms with Crippen LogP contribution >= 0.6 is 0 Å². The second-order valence-electron chi connectivity index (χ2n) is 11.7. The molecule has 4 aromatic rings. The van der Waals surface area contributed by atoms with Gasteiger partial charge in [-0.3, -0.25) is 9.97 Å². The number of nitrogens with one attached hydrogen (secondary N) is 4. The van der Waals surface area contributed by atoms with Crippen LogP contribution in [0.3, 0.4) is 0 Å². The van der Waals surface area contributed by atoms with Crippen LogP contribution in [0.15, 0.2) is 48.8 Å². The minimum Gasteiger partial charge on any atom is -0.392 e. The number of hydrogen-bond acceptors (Lipinski definition) is 8. The molecule has 2 aliphatic heterocycles. The van der Waals surface area contributed by atoms with E-state index in [-0.39, 0.29) is 11.3 Å². The molecule has 7 rings (SSSR count). The van der Waals surface area contributed by atoms with Gasteiger partial charge in [0.05, 0.1) is 34.6 Å². The monoisotopic (exact) mass is 538 g/mol. The summed E-state index contributed by atoms with van der Waals surface area (Å²) < 4.78 is 0. The molecule has 0 bridgehead atoms. The number of aliphatic hydroxyl groups excluding tert-OH is 2. The van der Waals surface area contributed by atoms with Crippen molar-refractivity contribution in [2.24, 2.45) is 0 Å². The van der Waals surface area contributed by atoms with Gasteiger partial charge in [0.25, 0.3) is 0 Å². The lowest BCUT2D eigenvalue weighted by Crippen LogP contribution is -2.54. The van der Waals surface area contributed by atoms with Gasteiger partial charge >= 0.3 is 0 Å². The SMILES string of the molecule is CCC1(CC)Nc2cccc3ncc(C4C(O)C(c5cnc6cccc7c6c5NC(CC)(CC)N7)C4O)c(c23)N1. The van der Waals surface area contributed by atoms with Gasteiger partial charge in [-0.05, 0) is 49.9 Å². The predicted octanol–water partition coefficient (Wildman–Crippen LogP) is 6.09. The molecule has 40 heavy (non-hydrogen) atoms. The number of anilines is 4. The van der Waals surface area contributed by atoms with Crippen LogP contribution in [-0.4, -0.2) is 43.7 Å². The van der Waals surface area contributed by atoms with Gasteiger partial charge < -0.3 is 31.5 Å². The molecular weight excluding hydrogens is 500 g/mol. The van der Waals surface area contributed by atoms with E-state index >= 15 is 0 Å². The molecule has 8 nitrogen and oxygen atoms in total. The van der Waals surface area contributed by atoms with E-state index in [1.807, 2.05) is 36.7 Å². The number of nitrogens with zero attached hydrogens (tertiary/aromatic N) is 2. The highest BCUT2D eigenvalue weighted by Crippen LogP contribution is 2.55. The van der Waals surface area contributed by atoms with Gasteiger partial charge in [0.1, 0.15) is 11.3 Å². The van der Waals surface area contributed by atoms with Crippen LogP contribution in [0.5, 0.6) is 0 Å². The van der Waals surface area contributed by atoms with E-state index in [1.54, 1.807) is 0 Å². The molecule has 208 valence electrons. The third-order valence-corrected chi connectivity index (χ3v) is 9.93. The van der Waals surface area contributed by atoms with Crippen molar-refractivity contribution in [1.29, 1.82) is 0 Å². The first-order valence-corrected chi connectivity index (χ1v) is 14.7. The Morgan fingerprint density at radius 3 is 1.40 bits per heavy atom. The molecule has 1 saturated carbocycles. The van der Waals surface area contributed by atoms with Crippen LogP contribution in [0.1, 0.15) is 76.3 Å². The maximum atomic E-state index is 11.8. The lowest BCUT2D eigenvalue weighted by molar-refractivity contribution is -0.0782. The topological polar surface area (TPSA) is 114 Å². The van der Waals surface area contributed by atoms with E-state index in [1.165, 1.54) is 0 Å². The number of rotatable bonds is 6. The summed E-state index contributed by atoms with van der Waals surface area (Å²) in [7, 11) is 0. The number of pyridine rings is 2. The number of hydrogen-bond donors (Lipinski definition) is 6. The fourth-order valence-electron chi connectivity index (χ4n) is 7.20. The molecule has 0 atom stereocenters. The first-order chi connectivity index (χ1) is 19.4. The first-order valence-electron chi connectivity index (χ1n) is 14.7. The zero-order chi connectivity index (χ0) is 27.8. The Morgan fingerprint density at radius 2 is 1.02 bits per heavy atom. The van der Waals surface area contributed by atoms with Gasteiger partial charge in [-0.15, -0.1) is 0 Å². The number of benzene rings is 2. The summed E-state index contributed by atoms with van der Waals surface area (Å²) in [5.74, 6) is -0.937. The molecule has 0 unspecified atom stereocenters. The summed E-state index contributed by atoms with van der Waals surface area (Å²) >= 11 is 0. The molecule has 0 saturated heterocycles. The second-order valence-corrected chi connectivity index (χ2v) is 11.7. The van der Waals surface area contributed by atoms with Crippen molar-refractivity contribution < 1.29 is 10.2 Å². The number of aliphatic hydroxyl groups is 2. The van der Waals surface area contributed by atoms with Gasteiger partial charge in [0, 0.05) is 57.5 Å². The summed E-state index contributed by atoms with van der Waals surface area (Å²) in [6.07, 6.45) is 5.62. The van der Waals surface area contributed by atoms with E-state index in [0.717, 1.165) is 81.4 Å². The maximum Gasteiger partial charge on any atom is 0.107 e. The summed E-state index contributed by atoms with van der Waals surface area (Å²) in [6.45, 7) is 8.67. The highest BCUT2D eigenvalue weighted by atomic mass is 16.3. The summed E-state index contributed by atoms with van der Waals surface area (Å²) in [5.41, 5.74) is 6.88. The minimum atomic E-state index is -0.788. The van der Waals surface area contributed by atoms with E-state index in [2.05, 4.69) is 61.1 Å². The fraction of sp³-hybridized carbons (Fsp3) is 0.438. The van der Waals surface area contributed by atoms with Crippen molar-refractivity contribution >= 4 is 44.6 Å². The van der Waals surface area contributed by atoms with Crippen molar-refractivity contribution in [3.05, 3.63) is 59.9 Å². The summed E-state index contributed by atoms with van der Waals surface area (Å²) in [4.78, 5) is 9.51. The summed E-state index contributed by atoms with van der Waals surface area (Å²) in [5, 5.41) is 40.5. The molecule has 8 heteroatoms. The Morgan fingerprint density at radius 1 is 0.625 bits per heavy atom. The predicted molar refractivity (Wildman–Crippen MR) is 162 cm³/mol. The van der Waals surface area contributed by atoms with Crippen LogP contribution in [-0.2, 0) is 0 Å². The fourth-order valence-corrected chi connectivity index (χ4v) is 7.20. The van der Waals surface area contributed by atoms with Gasteiger partial charge in [-0.2, -0.15) is 0 Å². The molecule has 0 amide bonds. The molecule has 0 spiro atoms. The smallest absolute Gasteiger partial charge is 0.107 e. The van der Waals surface area contributed by atoms with Crippen molar-refractivity contribution in [1.82, 2.24) is 9.97 Å². The van der Waals surface area contributed by atoms with E-state index < -0.39 is 24.0 Å². The lowest BCUT2D eigenvalue weighted by atomic mass is 9.62. The normalized spacial score (nSPS) is 25.4. The molecule has 2 aromatic heterocycles. The Bertz CT molecular complexity index is 1500. The molecule has 1 aliphatic carbocycles. The average molecular weight is 539 g/mol. The molecule has 2 aromatic carbocycles. The standard InChI is InChI=1S/C32H38N6O2/c1-5-31(6-2)35-21-13-9-11-19-25(21)27(37-31)17(15-33-19)23-29(39)24(30(23)40)18-16-34-20-12-10-14-22-26(20)28(18)38-32(7-3,8-4)36-22/h9-16,23-24,29-30,35-40H,5-8H2,1-4H3. The molecule has 6 N–H and O–H groups in total. The Hall–Kier alpha value is -3.62. The Kier molecular flexibility index (Phi) is 5.67. The zero-order valence-electron chi connectivity index (χ0n) is 23.5. The zero-order valence-corrected chi connectivity index (χ0v) is 23.5. The molecule has 3 aliphatic rings. The van der Waals surface area contributed by atoms with Gasteiger partial charge in [-0.1, -0.05) is 39.8 Å². The van der Waals surface area contributed by atoms with Crippen LogP contribution in [0.25, 0.3) is 21.8 Å². The third-order valence-electron chi connectivity index (χ3n) is 9.93. The average Bonchev–Trinajstić information content (AvgIpc) is 2.99. The van der Waals surface area contributed by atoms with Crippen molar-refractivity contribution in [3.8, 4) is 0 Å². The maximum absolute atomic E-state index is 11.8. The van der Waals surface area contributed by atoms with Crippen LogP contribution in [0, 0.1) is 0 Å². The molecule has 4 heterocycles. The third kappa shape index (κ3) is 3.38. The lowest BCUT2D eigenvalue weighted by Gasteiger charge is -2.50. The van der Waals surface area contributed by atoms with E-state index in [0.29, 0.717) is 0 Å². The number of aromatic nitrogens is 2. The first kappa shape index (κ1) is 25.4. The second kappa shape index (κ2) is 8.94. The minimum absolute atomic E-state index is 0.306. The van der Waals surface area contributed by atoms with E-state index in [4.69, 9.17) is 9.97 Å². The van der Waals surface area contributed by atoms with Crippen LogP contribution in [0.4, 0.5) is 22.7 Å². The van der Waals surface area contributed by atoms with Gasteiger partial charge in [0.2, 0.25) is 0 Å². The van der Waals surface area contributed by atoms with Crippen molar-refractivity contribution in [2.75, 3.05) is 21.3 Å². The van der Waals surface area contributed by atoms with Crippen LogP contribution < -0.4 is 21.3 Å². The Balaban J connectivity index is 1.32. The van der Waals surface area contributed by atoms with Gasteiger partial charge in [0.15, 0.2) is 0 Å². The molecule has 1 fully saturated rings. The Labute approximate surface area is 234 Å². The van der Waals surface area contributed by atoms with Crippen LogP contribution in [0.2, 0.25) is 0 Å². The van der Waals surface area contributed by atoms with Crippen molar-refractivity contribution in [3.63, 3.8) is 0 Å². The van der Waals surface area contributed by atoms with Gasteiger partial charge in [-0.25, -0.2) is 0 Å².